The lowest BCUT2D eigenvalue weighted by atomic mass is 9.83. The van der Waals surface area contributed by atoms with Crippen LogP contribution < -0.4 is 5.32 Å². The van der Waals surface area contributed by atoms with Crippen LogP contribution >= 0.6 is 12.4 Å². The van der Waals surface area contributed by atoms with Crippen molar-refractivity contribution < 1.29 is 25.2 Å². The van der Waals surface area contributed by atoms with Gasteiger partial charge in [-0.1, -0.05) is 90.9 Å². The molecule has 0 bridgehead atoms. The van der Waals surface area contributed by atoms with E-state index in [1.165, 1.54) is 64.2 Å². The van der Waals surface area contributed by atoms with E-state index in [0.717, 1.165) is 25.7 Å². The minimum atomic E-state index is -1.39. The van der Waals surface area contributed by atoms with Crippen LogP contribution in [0.25, 0.3) is 0 Å². The largest absolute Gasteiger partial charge is 0.389 e. The minimum absolute atomic E-state index is 0. The predicted octanol–water partition coefficient (Wildman–Crippen LogP) is 3.71. The van der Waals surface area contributed by atoms with Crippen molar-refractivity contribution in [2.45, 2.75) is 140 Å². The fraction of sp³-hybridized carbons (Fsp3) is 1.00. The van der Waals surface area contributed by atoms with Crippen LogP contribution in [-0.4, -0.2) is 70.1 Å². The molecule has 6 atom stereocenters. The molecule has 0 aromatic rings. The average molecular weight is 468 g/mol. The van der Waals surface area contributed by atoms with Crippen molar-refractivity contribution in [2.75, 3.05) is 13.2 Å². The topological polar surface area (TPSA) is 102 Å². The molecule has 1 aliphatic carbocycles. The molecule has 0 aromatic heterocycles. The fourth-order valence-electron chi connectivity index (χ4n) is 4.29. The number of aliphatic hydroxyl groups is 4. The van der Waals surface area contributed by atoms with Gasteiger partial charge in [-0.3, -0.25) is 0 Å². The Hall–Kier alpha value is 0.0500. The molecule has 1 rings (SSSR count). The van der Waals surface area contributed by atoms with Crippen LogP contribution in [0.4, 0.5) is 0 Å². The van der Waals surface area contributed by atoms with Crippen LogP contribution in [0.15, 0.2) is 0 Å². The molecule has 7 heteroatoms. The number of halogens is 1. The van der Waals surface area contributed by atoms with Crippen molar-refractivity contribution in [1.82, 2.24) is 5.32 Å². The second-order valence-corrected chi connectivity index (χ2v) is 9.02. The maximum absolute atomic E-state index is 10.5. The predicted molar refractivity (Wildman–Crippen MR) is 129 cm³/mol. The number of ether oxygens (including phenoxy) is 1. The van der Waals surface area contributed by atoms with E-state index in [1.54, 1.807) is 0 Å². The molecule has 1 saturated carbocycles. The molecule has 5 N–H and O–H groups in total. The van der Waals surface area contributed by atoms with Gasteiger partial charge in [0, 0.05) is 6.61 Å². The van der Waals surface area contributed by atoms with E-state index in [-0.39, 0.29) is 12.4 Å². The van der Waals surface area contributed by atoms with Crippen molar-refractivity contribution in [2.24, 2.45) is 0 Å². The Balaban J connectivity index is 0.00000900. The quantitative estimate of drug-likeness (QED) is 0.197. The van der Waals surface area contributed by atoms with Crippen molar-refractivity contribution in [1.29, 1.82) is 0 Å². The Bertz CT molecular complexity index is 368. The summed E-state index contributed by atoms with van der Waals surface area (Å²) in [6.07, 6.45) is 10.8. The minimum Gasteiger partial charge on any atom is -0.389 e. The van der Waals surface area contributed by atoms with Crippen molar-refractivity contribution >= 4 is 12.4 Å². The monoisotopic (exact) mass is 467 g/mol. The smallest absolute Gasteiger partial charge is 0.111 e. The summed E-state index contributed by atoms with van der Waals surface area (Å²) in [5, 5.41) is 44.3. The summed E-state index contributed by atoms with van der Waals surface area (Å²) in [6, 6.07) is -0.581. The van der Waals surface area contributed by atoms with Crippen LogP contribution in [0.5, 0.6) is 0 Å². The van der Waals surface area contributed by atoms with E-state index in [0.29, 0.717) is 13.2 Å². The third kappa shape index (κ3) is 12.2. The first-order valence-electron chi connectivity index (χ1n) is 12.6. The van der Waals surface area contributed by atoms with Crippen molar-refractivity contribution in [3.63, 3.8) is 0 Å². The van der Waals surface area contributed by atoms with E-state index < -0.39 is 36.6 Å². The second kappa shape index (κ2) is 19.5. The zero-order chi connectivity index (χ0) is 22.2. The van der Waals surface area contributed by atoms with Gasteiger partial charge in [0.15, 0.2) is 0 Å². The Morgan fingerprint density at radius 3 is 1.58 bits per heavy atom. The summed E-state index contributed by atoms with van der Waals surface area (Å²) in [5.41, 5.74) is 0. The fourth-order valence-corrected chi connectivity index (χ4v) is 4.29. The molecule has 0 aromatic carbocycles. The van der Waals surface area contributed by atoms with Gasteiger partial charge >= 0.3 is 0 Å². The molecule has 0 unspecified atom stereocenters. The summed E-state index contributed by atoms with van der Waals surface area (Å²) in [5.74, 6) is 0. The van der Waals surface area contributed by atoms with Gasteiger partial charge < -0.3 is 30.5 Å². The summed E-state index contributed by atoms with van der Waals surface area (Å²) in [7, 11) is 0. The molecule has 188 valence electrons. The lowest BCUT2D eigenvalue weighted by Crippen LogP contribution is -2.68. The summed E-state index contributed by atoms with van der Waals surface area (Å²) < 4.78 is 5.90. The van der Waals surface area contributed by atoms with Gasteiger partial charge in [0.05, 0.1) is 6.04 Å². The molecule has 0 heterocycles. The highest BCUT2D eigenvalue weighted by Gasteiger charge is 2.49. The van der Waals surface area contributed by atoms with Gasteiger partial charge in [0.2, 0.25) is 0 Å². The van der Waals surface area contributed by atoms with Gasteiger partial charge in [0.1, 0.15) is 30.5 Å². The number of rotatable bonds is 18. The Labute approximate surface area is 196 Å². The first-order chi connectivity index (χ1) is 14.5. The first kappa shape index (κ1) is 31.0. The Morgan fingerprint density at radius 1 is 0.581 bits per heavy atom. The molecule has 6 nitrogen and oxygen atoms in total. The highest BCUT2D eigenvalue weighted by molar-refractivity contribution is 5.85. The standard InChI is InChI=1S/C24H49NO5.ClH/c1-3-5-7-9-11-13-15-17-25-19-20(26)21(27)22(28)23(29)24(19)30-18-16-14-12-10-8-6-4-2;/h19-29H,3-18H2,1-2H3;1H/t19-,20-,21+,22-,23+,24+;/m0./s1. The van der Waals surface area contributed by atoms with Crippen molar-refractivity contribution in [3.8, 4) is 0 Å². The number of hydrogen-bond acceptors (Lipinski definition) is 6. The van der Waals surface area contributed by atoms with E-state index in [2.05, 4.69) is 19.2 Å². The molecule has 0 aliphatic heterocycles. The van der Waals surface area contributed by atoms with Crippen LogP contribution in [0.3, 0.4) is 0 Å². The van der Waals surface area contributed by atoms with Gasteiger partial charge in [-0.2, -0.15) is 0 Å². The van der Waals surface area contributed by atoms with E-state index in [4.69, 9.17) is 4.74 Å². The van der Waals surface area contributed by atoms with E-state index in [1.807, 2.05) is 0 Å². The van der Waals surface area contributed by atoms with Crippen LogP contribution in [0.2, 0.25) is 0 Å². The maximum Gasteiger partial charge on any atom is 0.111 e. The van der Waals surface area contributed by atoms with Gasteiger partial charge in [-0.05, 0) is 19.4 Å². The van der Waals surface area contributed by atoms with Crippen LogP contribution in [-0.2, 0) is 4.74 Å². The van der Waals surface area contributed by atoms with E-state index >= 15 is 0 Å². The molecule has 1 fully saturated rings. The van der Waals surface area contributed by atoms with Gasteiger partial charge in [0.25, 0.3) is 0 Å². The molecule has 31 heavy (non-hydrogen) atoms. The molecule has 0 amide bonds. The zero-order valence-electron chi connectivity index (χ0n) is 19.9. The molecular formula is C24H50ClNO5. The number of unbranched alkanes of at least 4 members (excludes halogenated alkanes) is 12. The van der Waals surface area contributed by atoms with Gasteiger partial charge in [-0.25, -0.2) is 0 Å². The summed E-state index contributed by atoms with van der Waals surface area (Å²) >= 11 is 0. The Kier molecular flexibility index (Phi) is 19.5. The number of aliphatic hydroxyl groups excluding tert-OH is 4. The molecule has 0 radical (unpaired) electrons. The summed E-state index contributed by atoms with van der Waals surface area (Å²) in [6.45, 7) is 5.61. The Morgan fingerprint density at radius 2 is 1.03 bits per heavy atom. The summed E-state index contributed by atoms with van der Waals surface area (Å²) in [4.78, 5) is 0. The van der Waals surface area contributed by atoms with Crippen LogP contribution in [0.1, 0.15) is 104 Å². The third-order valence-electron chi connectivity index (χ3n) is 6.33. The van der Waals surface area contributed by atoms with E-state index in [9.17, 15) is 20.4 Å². The molecule has 0 spiro atoms. The highest BCUT2D eigenvalue weighted by atomic mass is 35.5. The molecule has 0 saturated heterocycles. The molecule has 1 aliphatic rings. The first-order valence-corrected chi connectivity index (χ1v) is 12.6. The third-order valence-corrected chi connectivity index (χ3v) is 6.33. The number of nitrogens with one attached hydrogen (secondary N) is 1. The second-order valence-electron chi connectivity index (χ2n) is 9.02. The zero-order valence-corrected chi connectivity index (χ0v) is 20.7. The maximum atomic E-state index is 10.5. The van der Waals surface area contributed by atoms with Crippen molar-refractivity contribution in [3.05, 3.63) is 0 Å². The normalized spacial score (nSPS) is 28.5. The average Bonchev–Trinajstić information content (AvgIpc) is 2.75. The highest BCUT2D eigenvalue weighted by Crippen LogP contribution is 2.24. The van der Waals surface area contributed by atoms with Gasteiger partial charge in [-0.15, -0.1) is 12.4 Å². The SMILES string of the molecule is CCCCCCCCCN[C@H]1[C@H](O)[C@@H](O)[C@H](O)[C@@H](O)[C@@H]1OCCCCCCCCC.Cl. The molecular weight excluding hydrogens is 418 g/mol. The lowest BCUT2D eigenvalue weighted by molar-refractivity contribution is -0.203. The lowest BCUT2D eigenvalue weighted by Gasteiger charge is -2.44. The van der Waals surface area contributed by atoms with Crippen LogP contribution in [0, 0.1) is 0 Å². The number of hydrogen-bond donors (Lipinski definition) is 5.